The summed E-state index contributed by atoms with van der Waals surface area (Å²) in [5.41, 5.74) is 0.717. The highest BCUT2D eigenvalue weighted by molar-refractivity contribution is 7.47. The topological polar surface area (TPSA) is 138 Å². The summed E-state index contributed by atoms with van der Waals surface area (Å²) >= 11 is 0. The van der Waals surface area contributed by atoms with Crippen molar-refractivity contribution >= 4 is 25.5 Å². The number of carbonyl (C=O) groups is 3. The molecule has 1 aliphatic carbocycles. The summed E-state index contributed by atoms with van der Waals surface area (Å²) < 4.78 is 40.1. The van der Waals surface area contributed by atoms with Crippen LogP contribution in [0.3, 0.4) is 0 Å². The van der Waals surface area contributed by atoms with Gasteiger partial charge in [-0.1, -0.05) is 110 Å². The minimum Gasteiger partial charge on any atom is -0.462 e. The van der Waals surface area contributed by atoms with Crippen molar-refractivity contribution in [2.75, 3.05) is 47.5 Å². The molecule has 0 spiro atoms. The molecular formula is C44H75NO10P+. The molecule has 12 heteroatoms. The molecule has 0 aromatic heterocycles. The van der Waals surface area contributed by atoms with Gasteiger partial charge in [0.1, 0.15) is 25.9 Å². The smallest absolute Gasteiger partial charge is 0.462 e. The molecule has 1 saturated heterocycles. The highest BCUT2D eigenvalue weighted by Crippen LogP contribution is 2.43. The lowest BCUT2D eigenvalue weighted by molar-refractivity contribution is -0.870. The summed E-state index contributed by atoms with van der Waals surface area (Å²) in [6, 6.07) is 0. The molecule has 5 atom stereocenters. The van der Waals surface area contributed by atoms with E-state index in [1.54, 1.807) is 6.08 Å². The van der Waals surface area contributed by atoms with E-state index in [1.165, 1.54) is 64.2 Å². The van der Waals surface area contributed by atoms with Crippen LogP contribution in [0.1, 0.15) is 155 Å². The van der Waals surface area contributed by atoms with E-state index < -0.39 is 32.5 Å². The average Bonchev–Trinajstić information content (AvgIpc) is 3.80. The van der Waals surface area contributed by atoms with Crippen LogP contribution in [0.25, 0.3) is 0 Å². The molecule has 1 heterocycles. The van der Waals surface area contributed by atoms with E-state index in [9.17, 15) is 23.8 Å². The van der Waals surface area contributed by atoms with Crippen molar-refractivity contribution in [3.05, 3.63) is 23.8 Å². The second kappa shape index (κ2) is 29.0. The molecule has 56 heavy (non-hydrogen) atoms. The van der Waals surface area contributed by atoms with Crippen molar-refractivity contribution < 1.29 is 51.6 Å². The fraction of sp³-hybridized carbons (Fsp3) is 0.795. The number of esters is 2. The molecule has 1 fully saturated rings. The Hall–Kier alpha value is -2.32. The quantitative estimate of drug-likeness (QED) is 0.0130. The standard InChI is InChI=1S/C44H74NO10P/c1-6-8-10-12-14-15-16-17-18-19-20-22-24-28-43(47)51-35-38(36-53-56(49,50)52-33-32-45(3,4)5)54-44(48)29-25-27-41-42(55-41)34-39-37(30-31-40(39)46)26-23-21-13-11-9-7-2/h30-31,34,37-38,41-42H,6-20,22,24-29,32-33,35-36H2,1-5H3/p+1/b39-34+/t37-,38+,41+,42+/m0/s1. The molecule has 0 saturated carbocycles. The maximum absolute atomic E-state index is 12.8. The van der Waals surface area contributed by atoms with Gasteiger partial charge in [0.15, 0.2) is 11.9 Å². The Labute approximate surface area is 338 Å². The van der Waals surface area contributed by atoms with Crippen molar-refractivity contribution in [2.45, 2.75) is 173 Å². The van der Waals surface area contributed by atoms with E-state index in [1.807, 2.05) is 33.3 Å². The molecule has 1 N–H and O–H groups in total. The van der Waals surface area contributed by atoms with Gasteiger partial charge >= 0.3 is 19.8 Å². The predicted molar refractivity (Wildman–Crippen MR) is 221 cm³/mol. The summed E-state index contributed by atoms with van der Waals surface area (Å²) in [6.45, 7) is 4.12. The maximum Gasteiger partial charge on any atom is 0.472 e. The number of quaternary nitrogens is 1. The monoisotopic (exact) mass is 809 g/mol. The first-order valence-electron chi connectivity index (χ1n) is 21.7. The van der Waals surface area contributed by atoms with Crippen molar-refractivity contribution in [2.24, 2.45) is 5.92 Å². The Bertz CT molecular complexity index is 1310. The van der Waals surface area contributed by atoms with Gasteiger partial charge in [-0.15, -0.1) is 11.8 Å². The third-order valence-corrected chi connectivity index (χ3v) is 11.0. The van der Waals surface area contributed by atoms with Gasteiger partial charge in [0.05, 0.1) is 33.9 Å². The van der Waals surface area contributed by atoms with E-state index in [-0.39, 0.29) is 50.0 Å². The van der Waals surface area contributed by atoms with Crippen LogP contribution in [0.4, 0.5) is 0 Å². The summed E-state index contributed by atoms with van der Waals surface area (Å²) in [4.78, 5) is 48.1. The van der Waals surface area contributed by atoms with Crippen LogP contribution in [0.15, 0.2) is 23.8 Å². The van der Waals surface area contributed by atoms with Crippen molar-refractivity contribution in [1.82, 2.24) is 0 Å². The third-order valence-electron chi connectivity index (χ3n) is 10.0. The molecule has 0 radical (unpaired) electrons. The number of nitrogens with zero attached hydrogens (tertiary/aromatic N) is 1. The third kappa shape index (κ3) is 25.1. The molecule has 0 aromatic rings. The second-order valence-corrected chi connectivity index (χ2v) is 17.9. The fourth-order valence-corrected chi connectivity index (χ4v) is 7.16. The van der Waals surface area contributed by atoms with Gasteiger partial charge in [-0.05, 0) is 37.8 Å². The van der Waals surface area contributed by atoms with Crippen LogP contribution in [0.2, 0.25) is 0 Å². The number of epoxide rings is 1. The zero-order chi connectivity index (χ0) is 41.1. The predicted octanol–water partition coefficient (Wildman–Crippen LogP) is 9.36. The lowest BCUT2D eigenvalue weighted by atomic mass is 9.96. The van der Waals surface area contributed by atoms with Gasteiger partial charge in [0, 0.05) is 37.2 Å². The first-order valence-corrected chi connectivity index (χ1v) is 23.2. The summed E-state index contributed by atoms with van der Waals surface area (Å²) in [6.07, 6.45) is 26.0. The van der Waals surface area contributed by atoms with Gasteiger partial charge < -0.3 is 23.6 Å². The van der Waals surface area contributed by atoms with Gasteiger partial charge in [-0.2, -0.15) is 0 Å². The molecule has 1 unspecified atom stereocenters. The molecule has 0 bridgehead atoms. The van der Waals surface area contributed by atoms with Crippen molar-refractivity contribution in [3.63, 3.8) is 0 Å². The van der Waals surface area contributed by atoms with Crippen LogP contribution < -0.4 is 0 Å². The van der Waals surface area contributed by atoms with Crippen LogP contribution in [0.5, 0.6) is 0 Å². The first kappa shape index (κ1) is 49.8. The molecule has 320 valence electrons. The number of carbonyl (C=O) groups excluding carboxylic acids is 3. The summed E-state index contributed by atoms with van der Waals surface area (Å²) in [5.74, 6) is 5.43. The number of unbranched alkanes of at least 4 members (excludes halogenated alkanes) is 15. The van der Waals surface area contributed by atoms with Crippen LogP contribution in [-0.2, 0) is 42.2 Å². The number of phosphoric ester groups is 1. The average molecular weight is 809 g/mol. The SMILES string of the molecule is CCCCCC#CC[C@H]1C=CC(=O)/C1=C/[C@H]1O[C@@H]1CCCC(=O)O[C@H](COC(=O)CCCCCCCCCCCCCCC)COP(=O)(O)OCC[N+](C)(C)C. The number of hydrogen-bond donors (Lipinski definition) is 1. The van der Waals surface area contributed by atoms with Gasteiger partial charge in [-0.25, -0.2) is 4.57 Å². The Kier molecular flexibility index (Phi) is 25.8. The molecule has 0 amide bonds. The largest absolute Gasteiger partial charge is 0.472 e. The van der Waals surface area contributed by atoms with E-state index in [4.69, 9.17) is 23.3 Å². The fourth-order valence-electron chi connectivity index (χ4n) is 6.41. The minimum atomic E-state index is -4.43. The van der Waals surface area contributed by atoms with Crippen molar-refractivity contribution in [1.29, 1.82) is 0 Å². The van der Waals surface area contributed by atoms with E-state index in [0.717, 1.165) is 38.5 Å². The van der Waals surface area contributed by atoms with Gasteiger partial charge in [0.25, 0.3) is 0 Å². The first-order chi connectivity index (χ1) is 26.8. The zero-order valence-corrected chi connectivity index (χ0v) is 36.3. The Morgan fingerprint density at radius 1 is 0.839 bits per heavy atom. The summed E-state index contributed by atoms with van der Waals surface area (Å²) in [5, 5.41) is 0. The number of phosphoric acid groups is 1. The minimum absolute atomic E-state index is 0.00466. The number of likely N-dealkylation sites (N-methyl/N-ethyl adjacent to an activating group) is 1. The lowest BCUT2D eigenvalue weighted by Gasteiger charge is -2.24. The number of rotatable bonds is 33. The maximum atomic E-state index is 12.8. The normalized spacial score (nSPS) is 20.1. The van der Waals surface area contributed by atoms with Crippen LogP contribution >= 0.6 is 7.82 Å². The van der Waals surface area contributed by atoms with Crippen LogP contribution in [0, 0.1) is 17.8 Å². The molecular weight excluding hydrogens is 733 g/mol. The van der Waals surface area contributed by atoms with E-state index >= 15 is 0 Å². The molecule has 0 aromatic carbocycles. The number of allylic oxidation sites excluding steroid dienone is 3. The highest BCUT2D eigenvalue weighted by atomic mass is 31.2. The number of ether oxygens (including phenoxy) is 3. The van der Waals surface area contributed by atoms with Crippen molar-refractivity contribution in [3.8, 4) is 11.8 Å². The second-order valence-electron chi connectivity index (χ2n) is 16.4. The highest BCUT2D eigenvalue weighted by Gasteiger charge is 2.38. The molecule has 1 aliphatic heterocycles. The Morgan fingerprint density at radius 3 is 2.09 bits per heavy atom. The molecule has 2 rings (SSSR count). The number of hydrogen-bond acceptors (Lipinski definition) is 9. The zero-order valence-electron chi connectivity index (χ0n) is 35.4. The summed E-state index contributed by atoms with van der Waals surface area (Å²) in [7, 11) is 1.35. The van der Waals surface area contributed by atoms with E-state index in [0.29, 0.717) is 42.3 Å². The molecule has 2 aliphatic rings. The van der Waals surface area contributed by atoms with E-state index in [2.05, 4.69) is 25.7 Å². The Morgan fingerprint density at radius 2 is 1.45 bits per heavy atom. The number of ketones is 1. The van der Waals surface area contributed by atoms with Crippen LogP contribution in [-0.4, -0.2) is 92.9 Å². The van der Waals surface area contributed by atoms with Gasteiger partial charge in [-0.3, -0.25) is 23.4 Å². The molecule has 11 nitrogen and oxygen atoms in total. The lowest BCUT2D eigenvalue weighted by Crippen LogP contribution is -2.37. The van der Waals surface area contributed by atoms with Gasteiger partial charge in [0.2, 0.25) is 0 Å². The Balaban J connectivity index is 1.74.